The van der Waals surface area contributed by atoms with Gasteiger partial charge in [-0.1, -0.05) is 11.6 Å². The van der Waals surface area contributed by atoms with Gasteiger partial charge in [0.2, 0.25) is 0 Å². The molecule has 7 heteroatoms. The largest absolute Gasteiger partial charge is 0.465 e. The molecule has 0 fully saturated rings. The van der Waals surface area contributed by atoms with Gasteiger partial charge in [0, 0.05) is 24.8 Å². The van der Waals surface area contributed by atoms with Crippen LogP contribution in [0.2, 0.25) is 5.02 Å². The molecular weight excluding hydrogens is 342 g/mol. The van der Waals surface area contributed by atoms with Gasteiger partial charge >= 0.3 is 5.97 Å². The third kappa shape index (κ3) is 4.48. The summed E-state index contributed by atoms with van der Waals surface area (Å²) in [5.74, 6) is -0.105. The number of anilines is 2. The van der Waals surface area contributed by atoms with E-state index in [2.05, 4.69) is 15.0 Å². The molecule has 1 aromatic heterocycles. The predicted molar refractivity (Wildman–Crippen MR) is 98.5 cm³/mol. The first-order valence-electron chi connectivity index (χ1n) is 7.90. The van der Waals surface area contributed by atoms with E-state index >= 15 is 0 Å². The van der Waals surface area contributed by atoms with Crippen molar-refractivity contribution < 1.29 is 14.3 Å². The van der Waals surface area contributed by atoms with E-state index in [1.54, 1.807) is 18.3 Å². The number of aromatic nitrogens is 1. The third-order valence-electron chi connectivity index (χ3n) is 3.73. The van der Waals surface area contributed by atoms with Gasteiger partial charge in [-0.25, -0.2) is 9.78 Å². The van der Waals surface area contributed by atoms with Gasteiger partial charge in [0.1, 0.15) is 5.82 Å². The molecule has 2 aromatic rings. The van der Waals surface area contributed by atoms with Crippen molar-refractivity contribution in [1.29, 1.82) is 0 Å². The number of carbonyl (C=O) groups excluding carboxylic acids is 2. The summed E-state index contributed by atoms with van der Waals surface area (Å²) >= 11 is 6.11. The number of amides is 1. The van der Waals surface area contributed by atoms with E-state index in [1.165, 1.54) is 25.3 Å². The van der Waals surface area contributed by atoms with Gasteiger partial charge in [0.25, 0.3) is 5.91 Å². The fourth-order valence-corrected chi connectivity index (χ4v) is 2.51. The summed E-state index contributed by atoms with van der Waals surface area (Å²) in [4.78, 5) is 30.5. The molecule has 6 nitrogen and oxygen atoms in total. The summed E-state index contributed by atoms with van der Waals surface area (Å²) in [5, 5.41) is 3.06. The van der Waals surface area contributed by atoms with Gasteiger partial charge in [-0.3, -0.25) is 4.79 Å². The summed E-state index contributed by atoms with van der Waals surface area (Å²) in [7, 11) is 1.29. The fraction of sp³-hybridized carbons (Fsp3) is 0.278. The van der Waals surface area contributed by atoms with E-state index in [4.69, 9.17) is 11.6 Å². The maximum atomic E-state index is 12.5. The van der Waals surface area contributed by atoms with Crippen molar-refractivity contribution in [3.63, 3.8) is 0 Å². The van der Waals surface area contributed by atoms with E-state index in [1.807, 2.05) is 18.7 Å². The number of halogens is 1. The van der Waals surface area contributed by atoms with Crippen LogP contribution < -0.4 is 10.2 Å². The standard InChI is InChI=1S/C18H20ClN3O3/c1-4-22(5-2)16-11-12(8-9-20-16)17(23)21-15-10-13(18(24)25-3)6-7-14(15)19/h6-11H,4-5H2,1-3H3,(H,21,23). The Morgan fingerprint density at radius 2 is 1.88 bits per heavy atom. The first-order chi connectivity index (χ1) is 12.0. The Bertz CT molecular complexity index is 776. The average molecular weight is 362 g/mol. The zero-order valence-corrected chi connectivity index (χ0v) is 15.1. The Balaban J connectivity index is 2.25. The Morgan fingerprint density at radius 3 is 2.52 bits per heavy atom. The normalized spacial score (nSPS) is 10.2. The van der Waals surface area contributed by atoms with Crippen molar-refractivity contribution in [3.05, 3.63) is 52.7 Å². The molecule has 0 unspecified atom stereocenters. The van der Waals surface area contributed by atoms with Crippen LogP contribution in [0.1, 0.15) is 34.6 Å². The van der Waals surface area contributed by atoms with Crippen molar-refractivity contribution in [2.75, 3.05) is 30.4 Å². The molecule has 0 bridgehead atoms. The van der Waals surface area contributed by atoms with Crippen LogP contribution in [0.15, 0.2) is 36.5 Å². The smallest absolute Gasteiger partial charge is 0.337 e. The molecule has 0 atom stereocenters. The van der Waals surface area contributed by atoms with Crippen LogP contribution in [0, 0.1) is 0 Å². The molecular formula is C18H20ClN3O3. The predicted octanol–water partition coefficient (Wildman–Crippen LogP) is 3.62. The monoisotopic (exact) mass is 361 g/mol. The highest BCUT2D eigenvalue weighted by atomic mass is 35.5. The lowest BCUT2D eigenvalue weighted by atomic mass is 10.2. The second kappa shape index (κ2) is 8.48. The molecule has 1 heterocycles. The van der Waals surface area contributed by atoms with E-state index in [0.717, 1.165) is 18.9 Å². The van der Waals surface area contributed by atoms with Crippen LogP contribution in [-0.2, 0) is 4.74 Å². The number of methoxy groups -OCH3 is 1. The van der Waals surface area contributed by atoms with Crippen molar-refractivity contribution in [2.45, 2.75) is 13.8 Å². The summed E-state index contributed by atoms with van der Waals surface area (Å²) in [6, 6.07) is 7.91. The quantitative estimate of drug-likeness (QED) is 0.795. The highest BCUT2D eigenvalue weighted by molar-refractivity contribution is 6.34. The third-order valence-corrected chi connectivity index (χ3v) is 4.06. The topological polar surface area (TPSA) is 71.5 Å². The number of nitrogens with zero attached hydrogens (tertiary/aromatic N) is 2. The van der Waals surface area contributed by atoms with Gasteiger partial charge in [-0.2, -0.15) is 0 Å². The van der Waals surface area contributed by atoms with E-state index in [-0.39, 0.29) is 5.91 Å². The molecule has 2 rings (SSSR count). The van der Waals surface area contributed by atoms with Gasteiger partial charge < -0.3 is 15.0 Å². The second-order valence-electron chi connectivity index (χ2n) is 5.22. The number of pyridine rings is 1. The highest BCUT2D eigenvalue weighted by Crippen LogP contribution is 2.24. The van der Waals surface area contributed by atoms with Gasteiger partial charge in [0.15, 0.2) is 0 Å². The van der Waals surface area contributed by atoms with Gasteiger partial charge in [-0.05, 0) is 44.2 Å². The molecule has 0 spiro atoms. The van der Waals surface area contributed by atoms with Crippen LogP contribution in [0.25, 0.3) is 0 Å². The molecule has 1 N–H and O–H groups in total. The first-order valence-corrected chi connectivity index (χ1v) is 8.28. The van der Waals surface area contributed by atoms with E-state index in [0.29, 0.717) is 21.8 Å². The highest BCUT2D eigenvalue weighted by Gasteiger charge is 2.14. The summed E-state index contributed by atoms with van der Waals surface area (Å²) in [6.07, 6.45) is 1.59. The fourth-order valence-electron chi connectivity index (χ4n) is 2.34. The Kier molecular flexibility index (Phi) is 6.36. The van der Waals surface area contributed by atoms with Crippen molar-refractivity contribution in [2.24, 2.45) is 0 Å². The minimum atomic E-state index is -0.500. The Morgan fingerprint density at radius 1 is 1.16 bits per heavy atom. The van der Waals surface area contributed by atoms with Crippen molar-refractivity contribution in [1.82, 2.24) is 4.98 Å². The molecule has 1 aromatic carbocycles. The van der Waals surface area contributed by atoms with E-state index < -0.39 is 5.97 Å². The number of carbonyl (C=O) groups is 2. The van der Waals surface area contributed by atoms with Crippen LogP contribution in [0.4, 0.5) is 11.5 Å². The molecule has 25 heavy (non-hydrogen) atoms. The molecule has 1 amide bonds. The summed E-state index contributed by atoms with van der Waals surface area (Å²) in [5.41, 5.74) is 1.10. The zero-order chi connectivity index (χ0) is 18.4. The minimum Gasteiger partial charge on any atom is -0.465 e. The number of rotatable bonds is 6. The SMILES string of the molecule is CCN(CC)c1cc(C(=O)Nc2cc(C(=O)OC)ccc2Cl)ccn1. The van der Waals surface area contributed by atoms with Crippen LogP contribution in [0.5, 0.6) is 0 Å². The molecule has 132 valence electrons. The van der Waals surface area contributed by atoms with E-state index in [9.17, 15) is 9.59 Å². The summed E-state index contributed by atoms with van der Waals surface area (Å²) < 4.78 is 4.68. The molecule has 0 saturated carbocycles. The second-order valence-corrected chi connectivity index (χ2v) is 5.62. The Labute approximate surface area is 151 Å². The molecule has 0 aliphatic heterocycles. The summed E-state index contributed by atoms with van der Waals surface area (Å²) in [6.45, 7) is 5.63. The lowest BCUT2D eigenvalue weighted by Gasteiger charge is -2.20. The number of nitrogens with one attached hydrogen (secondary N) is 1. The lowest BCUT2D eigenvalue weighted by Crippen LogP contribution is -2.23. The van der Waals surface area contributed by atoms with Crippen LogP contribution in [0.3, 0.4) is 0 Å². The number of ether oxygens (including phenoxy) is 1. The van der Waals surface area contributed by atoms with Crippen LogP contribution in [-0.4, -0.2) is 37.1 Å². The Hall–Kier alpha value is -2.60. The number of hydrogen-bond acceptors (Lipinski definition) is 5. The number of hydrogen-bond donors (Lipinski definition) is 1. The van der Waals surface area contributed by atoms with Gasteiger partial charge in [0.05, 0.1) is 23.4 Å². The lowest BCUT2D eigenvalue weighted by molar-refractivity contribution is 0.0600. The minimum absolute atomic E-state index is 0.306. The maximum absolute atomic E-state index is 12.5. The van der Waals surface area contributed by atoms with Gasteiger partial charge in [-0.15, -0.1) is 0 Å². The van der Waals surface area contributed by atoms with Crippen molar-refractivity contribution >= 4 is 35.0 Å². The average Bonchev–Trinajstić information content (AvgIpc) is 2.64. The number of benzene rings is 1. The first kappa shape index (κ1) is 18.7. The van der Waals surface area contributed by atoms with Crippen molar-refractivity contribution in [3.8, 4) is 0 Å². The molecule has 0 aliphatic carbocycles. The molecule has 0 aliphatic rings. The van der Waals surface area contributed by atoms with Crippen LogP contribution >= 0.6 is 11.6 Å². The number of esters is 1. The maximum Gasteiger partial charge on any atom is 0.337 e. The zero-order valence-electron chi connectivity index (χ0n) is 14.4. The molecule has 0 saturated heterocycles. The molecule has 0 radical (unpaired) electrons.